The van der Waals surface area contributed by atoms with E-state index >= 15 is 0 Å². The predicted octanol–water partition coefficient (Wildman–Crippen LogP) is 3.24. The lowest BCUT2D eigenvalue weighted by Crippen LogP contribution is -2.47. The summed E-state index contributed by atoms with van der Waals surface area (Å²) >= 11 is 12.0. The van der Waals surface area contributed by atoms with E-state index in [4.69, 9.17) is 33.0 Å². The second kappa shape index (κ2) is 9.47. The predicted molar refractivity (Wildman–Crippen MR) is 96.3 cm³/mol. The normalized spacial score (nSPS) is 16.5. The first-order chi connectivity index (χ1) is 11.5. The molecule has 1 aromatic carbocycles. The van der Waals surface area contributed by atoms with Gasteiger partial charge in [-0.25, -0.2) is 0 Å². The van der Waals surface area contributed by atoms with Crippen LogP contribution in [-0.4, -0.2) is 66.2 Å². The third-order valence-electron chi connectivity index (χ3n) is 4.38. The fraction of sp³-hybridized carbons (Fsp3) is 0.588. The molecule has 2 rings (SSSR count). The number of piperidine rings is 1. The van der Waals surface area contributed by atoms with Crippen LogP contribution in [-0.2, 0) is 4.79 Å². The molecule has 0 aliphatic carbocycles. The van der Waals surface area contributed by atoms with Crippen molar-refractivity contribution in [2.45, 2.75) is 25.8 Å². The molecule has 1 aliphatic rings. The topological polar surface area (TPSA) is 53.0 Å². The molecule has 1 aliphatic heterocycles. The lowest BCUT2D eigenvalue weighted by atomic mass is 10.0. The zero-order valence-electron chi connectivity index (χ0n) is 13.9. The maximum absolute atomic E-state index is 10.9. The number of nitrogens with zero attached hydrogens (tertiary/aromatic N) is 2. The smallest absolute Gasteiger partial charge is 0.317 e. The van der Waals surface area contributed by atoms with Gasteiger partial charge in [0.05, 0.1) is 11.6 Å². The van der Waals surface area contributed by atoms with E-state index in [-0.39, 0.29) is 6.54 Å². The van der Waals surface area contributed by atoms with Crippen LogP contribution in [0.5, 0.6) is 5.75 Å². The molecule has 0 radical (unpaired) electrons. The molecule has 24 heavy (non-hydrogen) atoms. The van der Waals surface area contributed by atoms with Crippen molar-refractivity contribution in [2.24, 2.45) is 0 Å². The second-order valence-electron chi connectivity index (χ2n) is 5.95. The SMILES string of the molecule is CCN(CC(=O)O)C1CCN(CCOc2cc(Cl)ccc2Cl)CC1. The largest absolute Gasteiger partial charge is 0.491 e. The van der Waals surface area contributed by atoms with Gasteiger partial charge in [-0.3, -0.25) is 14.6 Å². The maximum atomic E-state index is 10.9. The van der Waals surface area contributed by atoms with Crippen molar-refractivity contribution in [3.8, 4) is 5.75 Å². The van der Waals surface area contributed by atoms with Crippen molar-refractivity contribution in [1.29, 1.82) is 0 Å². The van der Waals surface area contributed by atoms with Crippen LogP contribution in [0.15, 0.2) is 18.2 Å². The summed E-state index contributed by atoms with van der Waals surface area (Å²) in [6, 6.07) is 5.54. The molecule has 5 nitrogen and oxygen atoms in total. The van der Waals surface area contributed by atoms with Crippen LogP contribution in [0.4, 0.5) is 0 Å². The van der Waals surface area contributed by atoms with Crippen molar-refractivity contribution in [1.82, 2.24) is 9.80 Å². The lowest BCUT2D eigenvalue weighted by molar-refractivity contribution is -0.139. The first-order valence-corrected chi connectivity index (χ1v) is 9.01. The van der Waals surface area contributed by atoms with Crippen LogP contribution >= 0.6 is 23.2 Å². The van der Waals surface area contributed by atoms with Gasteiger partial charge in [-0.2, -0.15) is 0 Å². The zero-order valence-corrected chi connectivity index (χ0v) is 15.4. The average Bonchev–Trinajstić information content (AvgIpc) is 2.56. The number of carboxylic acids is 1. The lowest BCUT2D eigenvalue weighted by Gasteiger charge is -2.37. The minimum Gasteiger partial charge on any atom is -0.491 e. The second-order valence-corrected chi connectivity index (χ2v) is 6.80. The van der Waals surface area contributed by atoms with Crippen molar-refractivity contribution >= 4 is 29.2 Å². The van der Waals surface area contributed by atoms with E-state index in [1.807, 2.05) is 11.8 Å². The highest BCUT2D eigenvalue weighted by Gasteiger charge is 2.24. The van der Waals surface area contributed by atoms with Crippen LogP contribution in [0.2, 0.25) is 10.0 Å². The molecule has 1 saturated heterocycles. The molecule has 0 unspecified atom stereocenters. The summed E-state index contributed by atoms with van der Waals surface area (Å²) in [6.45, 7) is 6.18. The molecule has 0 saturated carbocycles. The number of aliphatic carboxylic acids is 1. The van der Waals surface area contributed by atoms with Gasteiger partial charge in [0, 0.05) is 23.7 Å². The summed E-state index contributed by atoms with van der Waals surface area (Å²) in [5, 5.41) is 10.1. The number of likely N-dealkylation sites (N-methyl/N-ethyl adjacent to an activating group) is 1. The monoisotopic (exact) mass is 374 g/mol. The molecule has 0 atom stereocenters. The standard InChI is InChI=1S/C17H24Cl2N2O3/c1-2-21(12-17(22)23)14-5-7-20(8-6-14)9-10-24-16-11-13(18)3-4-15(16)19/h3-4,11,14H,2,5-10,12H2,1H3,(H,22,23). The first-order valence-electron chi connectivity index (χ1n) is 8.25. The Labute approximate surface area is 153 Å². The quantitative estimate of drug-likeness (QED) is 0.756. The van der Waals surface area contributed by atoms with Crippen molar-refractivity contribution in [3.63, 3.8) is 0 Å². The fourth-order valence-corrected chi connectivity index (χ4v) is 3.39. The van der Waals surface area contributed by atoms with Crippen molar-refractivity contribution in [2.75, 3.05) is 39.3 Å². The van der Waals surface area contributed by atoms with Gasteiger partial charge in [0.1, 0.15) is 12.4 Å². The Hall–Kier alpha value is -1.01. The number of rotatable bonds is 8. The summed E-state index contributed by atoms with van der Waals surface area (Å²) in [4.78, 5) is 15.3. The van der Waals surface area contributed by atoms with Crippen LogP contribution in [0.1, 0.15) is 19.8 Å². The molecule has 134 valence electrons. The van der Waals surface area contributed by atoms with Crippen LogP contribution in [0.25, 0.3) is 0 Å². The van der Waals surface area contributed by atoms with Crippen LogP contribution < -0.4 is 4.74 Å². The summed E-state index contributed by atoms with van der Waals surface area (Å²) in [5.41, 5.74) is 0. The van der Waals surface area contributed by atoms with Crippen molar-refractivity contribution in [3.05, 3.63) is 28.2 Å². The zero-order chi connectivity index (χ0) is 17.5. The van der Waals surface area contributed by atoms with E-state index in [9.17, 15) is 4.79 Å². The van der Waals surface area contributed by atoms with Crippen molar-refractivity contribution < 1.29 is 14.6 Å². The molecule has 0 bridgehead atoms. The van der Waals surface area contributed by atoms with Gasteiger partial charge >= 0.3 is 5.97 Å². The van der Waals surface area contributed by atoms with Gasteiger partial charge in [0.25, 0.3) is 0 Å². The Kier molecular flexibility index (Phi) is 7.62. The number of carboxylic acid groups (broad SMARTS) is 1. The third kappa shape index (κ3) is 5.81. The van der Waals surface area contributed by atoms with E-state index in [0.717, 1.165) is 39.0 Å². The number of halogens is 2. The molecule has 7 heteroatoms. The molecular formula is C17H24Cl2N2O3. The first kappa shape index (κ1) is 19.3. The number of hydrogen-bond donors (Lipinski definition) is 1. The summed E-state index contributed by atoms with van der Waals surface area (Å²) < 4.78 is 5.72. The highest BCUT2D eigenvalue weighted by molar-refractivity contribution is 6.34. The Morgan fingerprint density at radius 3 is 2.71 bits per heavy atom. The van der Waals surface area contributed by atoms with Gasteiger partial charge in [0.2, 0.25) is 0 Å². The average molecular weight is 375 g/mol. The van der Waals surface area contributed by atoms with Gasteiger partial charge in [0.15, 0.2) is 0 Å². The van der Waals surface area contributed by atoms with Crippen LogP contribution in [0.3, 0.4) is 0 Å². The van der Waals surface area contributed by atoms with E-state index in [2.05, 4.69) is 4.90 Å². The molecular weight excluding hydrogens is 351 g/mol. The van der Waals surface area contributed by atoms with E-state index in [1.54, 1.807) is 18.2 Å². The maximum Gasteiger partial charge on any atom is 0.317 e. The Morgan fingerprint density at radius 2 is 2.08 bits per heavy atom. The molecule has 0 amide bonds. The fourth-order valence-electron chi connectivity index (χ4n) is 3.05. The van der Waals surface area contributed by atoms with E-state index in [1.165, 1.54) is 0 Å². The van der Waals surface area contributed by atoms with Gasteiger partial charge in [-0.15, -0.1) is 0 Å². The van der Waals surface area contributed by atoms with Gasteiger partial charge < -0.3 is 9.84 Å². The number of benzene rings is 1. The molecule has 1 N–H and O–H groups in total. The molecule has 1 fully saturated rings. The molecule has 0 spiro atoms. The number of carbonyl (C=O) groups is 1. The summed E-state index contributed by atoms with van der Waals surface area (Å²) in [7, 11) is 0. The highest BCUT2D eigenvalue weighted by Crippen LogP contribution is 2.27. The number of hydrogen-bond acceptors (Lipinski definition) is 4. The third-order valence-corrected chi connectivity index (χ3v) is 4.92. The molecule has 0 aromatic heterocycles. The number of ether oxygens (including phenoxy) is 1. The van der Waals surface area contributed by atoms with E-state index in [0.29, 0.717) is 28.4 Å². The van der Waals surface area contributed by atoms with Gasteiger partial charge in [-0.1, -0.05) is 30.1 Å². The summed E-state index contributed by atoms with van der Waals surface area (Å²) in [5.74, 6) is -0.149. The number of likely N-dealkylation sites (tertiary alicyclic amines) is 1. The highest BCUT2D eigenvalue weighted by atomic mass is 35.5. The van der Waals surface area contributed by atoms with E-state index < -0.39 is 5.97 Å². The summed E-state index contributed by atoms with van der Waals surface area (Å²) in [6.07, 6.45) is 1.97. The molecule has 1 aromatic rings. The Balaban J connectivity index is 1.73. The minimum atomic E-state index is -0.758. The minimum absolute atomic E-state index is 0.123. The Morgan fingerprint density at radius 1 is 1.38 bits per heavy atom. The van der Waals surface area contributed by atoms with Gasteiger partial charge in [-0.05, 0) is 44.6 Å². The molecule has 1 heterocycles. The van der Waals surface area contributed by atoms with Crippen LogP contribution in [0, 0.1) is 0 Å². The Bertz CT molecular complexity index is 549.